The lowest BCUT2D eigenvalue weighted by Gasteiger charge is -2.22. The van der Waals surface area contributed by atoms with Gasteiger partial charge in [-0.3, -0.25) is 23.7 Å². The van der Waals surface area contributed by atoms with Crippen LogP contribution < -0.4 is 15.9 Å². The van der Waals surface area contributed by atoms with Crippen molar-refractivity contribution < 1.29 is 14.2 Å². The molecule has 3 heterocycles. The average molecular weight is 538 g/mol. The second kappa shape index (κ2) is 10.2. The first-order valence-corrected chi connectivity index (χ1v) is 12.4. The number of ether oxygens (including phenoxy) is 1. The van der Waals surface area contributed by atoms with Gasteiger partial charge in [0.05, 0.1) is 17.0 Å². The lowest BCUT2D eigenvalue weighted by Crippen LogP contribution is -2.31. The molecule has 1 aromatic carbocycles. The summed E-state index contributed by atoms with van der Waals surface area (Å²) in [6, 6.07) is 9.87. The Balaban J connectivity index is 1.81. The van der Waals surface area contributed by atoms with Crippen molar-refractivity contribution >= 4 is 11.6 Å². The van der Waals surface area contributed by atoms with Gasteiger partial charge in [-0.05, 0) is 82.5 Å². The number of pyridine rings is 3. The number of hydrogen-bond acceptors (Lipinski definition) is 5. The molecule has 4 rings (SSSR count). The fourth-order valence-corrected chi connectivity index (χ4v) is 4.65. The number of nitrogens with zero attached hydrogens (tertiary/aromatic N) is 3. The monoisotopic (exact) mass is 537 g/mol. The SMILES string of the molecule is Cc1cnc(COc2cc(C)n(-c3c(C)ccc(-n4cccc(C(C)(C)O)c4=O)c3C)c(=O)c2Cl)c(F)c1. The molecule has 0 radical (unpaired) electrons. The van der Waals surface area contributed by atoms with Crippen molar-refractivity contribution in [3.63, 3.8) is 0 Å². The summed E-state index contributed by atoms with van der Waals surface area (Å²) in [4.78, 5) is 30.8. The molecule has 0 unspecified atom stereocenters. The van der Waals surface area contributed by atoms with Gasteiger partial charge in [0.15, 0.2) is 0 Å². The van der Waals surface area contributed by atoms with Gasteiger partial charge < -0.3 is 9.84 Å². The molecule has 0 saturated carbocycles. The molecule has 0 aliphatic carbocycles. The highest BCUT2D eigenvalue weighted by atomic mass is 35.5. The van der Waals surface area contributed by atoms with Crippen LogP contribution in [0.5, 0.6) is 5.75 Å². The van der Waals surface area contributed by atoms with Gasteiger partial charge in [-0.2, -0.15) is 0 Å². The van der Waals surface area contributed by atoms with E-state index in [0.29, 0.717) is 28.2 Å². The Morgan fingerprint density at radius 1 is 1.08 bits per heavy atom. The van der Waals surface area contributed by atoms with Crippen molar-refractivity contribution in [1.82, 2.24) is 14.1 Å². The van der Waals surface area contributed by atoms with Gasteiger partial charge >= 0.3 is 0 Å². The maximum absolute atomic E-state index is 14.2. The van der Waals surface area contributed by atoms with E-state index in [9.17, 15) is 19.1 Å². The van der Waals surface area contributed by atoms with E-state index in [1.54, 1.807) is 58.2 Å². The second-order valence-corrected chi connectivity index (χ2v) is 10.2. The molecule has 9 heteroatoms. The second-order valence-electron chi connectivity index (χ2n) is 9.87. The number of aromatic nitrogens is 3. The van der Waals surface area contributed by atoms with Crippen LogP contribution in [0.4, 0.5) is 4.39 Å². The fourth-order valence-electron chi connectivity index (χ4n) is 4.46. The predicted octanol–water partition coefficient (Wildman–Crippen LogP) is 5.22. The van der Waals surface area contributed by atoms with Gasteiger partial charge in [0, 0.05) is 29.7 Å². The Labute approximate surface area is 224 Å². The van der Waals surface area contributed by atoms with Crippen molar-refractivity contribution in [3.8, 4) is 17.1 Å². The van der Waals surface area contributed by atoms with Crippen LogP contribution >= 0.6 is 11.6 Å². The van der Waals surface area contributed by atoms with Crippen molar-refractivity contribution in [2.75, 3.05) is 0 Å². The van der Waals surface area contributed by atoms with Gasteiger partial charge in [-0.1, -0.05) is 17.7 Å². The van der Waals surface area contributed by atoms with Crippen LogP contribution in [0.15, 0.2) is 58.4 Å². The molecule has 3 aromatic heterocycles. The molecule has 0 spiro atoms. The molecule has 0 bridgehead atoms. The van der Waals surface area contributed by atoms with Crippen LogP contribution in [0, 0.1) is 33.5 Å². The third kappa shape index (κ3) is 5.01. The summed E-state index contributed by atoms with van der Waals surface area (Å²) in [5, 5.41) is 10.3. The van der Waals surface area contributed by atoms with Gasteiger partial charge in [0.25, 0.3) is 11.1 Å². The summed E-state index contributed by atoms with van der Waals surface area (Å²) in [6.45, 7) is 10.1. The molecule has 198 valence electrons. The van der Waals surface area contributed by atoms with E-state index in [-0.39, 0.29) is 34.2 Å². The third-order valence-corrected chi connectivity index (χ3v) is 6.76. The number of benzene rings is 1. The van der Waals surface area contributed by atoms with Gasteiger partial charge in [0.1, 0.15) is 28.9 Å². The van der Waals surface area contributed by atoms with E-state index in [4.69, 9.17) is 16.3 Å². The topological polar surface area (TPSA) is 86.3 Å². The van der Waals surface area contributed by atoms with E-state index in [2.05, 4.69) is 4.98 Å². The van der Waals surface area contributed by atoms with E-state index in [1.165, 1.54) is 21.4 Å². The molecule has 0 aliphatic heterocycles. The smallest absolute Gasteiger partial charge is 0.277 e. The Morgan fingerprint density at radius 3 is 2.45 bits per heavy atom. The molecular weight excluding hydrogens is 509 g/mol. The molecule has 0 saturated heterocycles. The summed E-state index contributed by atoms with van der Waals surface area (Å²) in [7, 11) is 0. The van der Waals surface area contributed by atoms with E-state index < -0.39 is 17.0 Å². The van der Waals surface area contributed by atoms with Crippen molar-refractivity contribution in [3.05, 3.63) is 114 Å². The van der Waals surface area contributed by atoms with E-state index in [1.807, 2.05) is 19.9 Å². The minimum atomic E-state index is -1.32. The molecule has 1 N–H and O–H groups in total. The summed E-state index contributed by atoms with van der Waals surface area (Å²) in [6.07, 6.45) is 3.16. The quantitative estimate of drug-likeness (QED) is 0.364. The zero-order chi connectivity index (χ0) is 27.9. The summed E-state index contributed by atoms with van der Waals surface area (Å²) in [5.74, 6) is -0.383. The minimum absolute atomic E-state index is 0.103. The first-order chi connectivity index (χ1) is 17.8. The average Bonchev–Trinajstić information content (AvgIpc) is 2.83. The Morgan fingerprint density at radius 2 is 1.79 bits per heavy atom. The van der Waals surface area contributed by atoms with Crippen LogP contribution in [0.3, 0.4) is 0 Å². The third-order valence-electron chi connectivity index (χ3n) is 6.41. The number of aryl methyl sites for hydroxylation is 3. The first-order valence-electron chi connectivity index (χ1n) is 12.0. The van der Waals surface area contributed by atoms with E-state index in [0.717, 1.165) is 5.56 Å². The Kier molecular flexibility index (Phi) is 7.32. The molecular formula is C29H29ClFN3O4. The largest absolute Gasteiger partial charge is 0.485 e. The highest BCUT2D eigenvalue weighted by molar-refractivity contribution is 6.31. The number of rotatable bonds is 6. The molecule has 0 fully saturated rings. The number of hydrogen-bond donors (Lipinski definition) is 1. The van der Waals surface area contributed by atoms with Crippen LogP contribution in [0.1, 0.15) is 47.5 Å². The lowest BCUT2D eigenvalue weighted by atomic mass is 9.99. The molecule has 0 amide bonds. The highest BCUT2D eigenvalue weighted by Gasteiger charge is 2.23. The number of halogens is 2. The van der Waals surface area contributed by atoms with Crippen LogP contribution in [0.2, 0.25) is 5.02 Å². The predicted molar refractivity (Wildman–Crippen MR) is 145 cm³/mol. The van der Waals surface area contributed by atoms with Crippen molar-refractivity contribution in [1.29, 1.82) is 0 Å². The maximum Gasteiger partial charge on any atom is 0.277 e. The van der Waals surface area contributed by atoms with Gasteiger partial charge in [-0.25, -0.2) is 4.39 Å². The summed E-state index contributed by atoms with van der Waals surface area (Å²) in [5.41, 5.74) is 1.97. The van der Waals surface area contributed by atoms with Crippen LogP contribution in [0.25, 0.3) is 11.4 Å². The lowest BCUT2D eigenvalue weighted by molar-refractivity contribution is 0.0768. The van der Waals surface area contributed by atoms with Crippen LogP contribution in [-0.2, 0) is 12.2 Å². The normalized spacial score (nSPS) is 11.6. The van der Waals surface area contributed by atoms with Crippen molar-refractivity contribution in [2.45, 2.75) is 53.8 Å². The Hall–Kier alpha value is -3.75. The molecule has 0 aliphatic rings. The maximum atomic E-state index is 14.2. The molecule has 38 heavy (non-hydrogen) atoms. The highest BCUT2D eigenvalue weighted by Crippen LogP contribution is 2.29. The standard InChI is InChI=1S/C29H29ClFN3O4/c1-16-12-21(31)22(32-14-16)15-38-24-13-18(3)34(28(36)25(24)30)26-17(2)9-10-23(19(26)4)33-11-7-8-20(27(33)35)29(5,6)37/h7-14,37H,15H2,1-6H3. The zero-order valence-corrected chi connectivity index (χ0v) is 22.9. The molecule has 0 atom stereocenters. The fraction of sp³-hybridized carbons (Fsp3) is 0.276. The van der Waals surface area contributed by atoms with Gasteiger partial charge in [0.2, 0.25) is 0 Å². The summed E-state index contributed by atoms with van der Waals surface area (Å²) >= 11 is 6.45. The number of aliphatic hydroxyl groups is 1. The minimum Gasteiger partial charge on any atom is -0.485 e. The van der Waals surface area contributed by atoms with Crippen LogP contribution in [-0.4, -0.2) is 19.2 Å². The molecule has 4 aromatic rings. The van der Waals surface area contributed by atoms with E-state index >= 15 is 0 Å². The molecule has 7 nitrogen and oxygen atoms in total. The van der Waals surface area contributed by atoms with Gasteiger partial charge in [-0.15, -0.1) is 0 Å². The zero-order valence-electron chi connectivity index (χ0n) is 22.1. The van der Waals surface area contributed by atoms with Crippen molar-refractivity contribution in [2.24, 2.45) is 0 Å². The Bertz CT molecular complexity index is 1670. The summed E-state index contributed by atoms with van der Waals surface area (Å²) < 4.78 is 22.8. The first kappa shape index (κ1) is 27.3.